The molecule has 0 unspecified atom stereocenters. The van der Waals surface area contributed by atoms with E-state index in [2.05, 4.69) is 10.6 Å². The molecule has 0 bridgehead atoms. The molecule has 0 radical (unpaired) electrons. The fraction of sp³-hybridized carbons (Fsp3) is 0.444. The van der Waals surface area contributed by atoms with Crippen LogP contribution in [0.15, 0.2) is 22.8 Å². The highest BCUT2D eigenvalue weighted by molar-refractivity contribution is 7.80. The molecule has 4 nitrogen and oxygen atoms in total. The molecule has 1 heterocycles. The second-order valence-corrected chi connectivity index (χ2v) is 3.09. The van der Waals surface area contributed by atoms with Gasteiger partial charge in [-0.3, -0.25) is 0 Å². The molecule has 78 valence electrons. The van der Waals surface area contributed by atoms with Crippen LogP contribution >= 0.6 is 12.2 Å². The van der Waals surface area contributed by atoms with Gasteiger partial charge in [0.1, 0.15) is 5.76 Å². The Morgan fingerprint density at radius 2 is 2.43 bits per heavy atom. The van der Waals surface area contributed by atoms with Gasteiger partial charge in [-0.25, -0.2) is 0 Å². The molecule has 5 heteroatoms. The minimum absolute atomic E-state index is 0.603. The molecular formula is C9H14N2O2S. The normalized spacial score (nSPS) is 9.79. The molecule has 0 aliphatic rings. The van der Waals surface area contributed by atoms with E-state index in [9.17, 15) is 0 Å². The van der Waals surface area contributed by atoms with Crippen molar-refractivity contribution in [1.82, 2.24) is 10.6 Å². The predicted octanol–water partition coefficient (Wildman–Crippen LogP) is 0.890. The second kappa shape index (κ2) is 6.39. The smallest absolute Gasteiger partial charge is 0.166 e. The average Bonchev–Trinajstić information content (AvgIpc) is 2.68. The molecule has 0 saturated carbocycles. The summed E-state index contributed by atoms with van der Waals surface area (Å²) >= 11 is 5.02. The van der Waals surface area contributed by atoms with Crippen molar-refractivity contribution in [3.05, 3.63) is 24.2 Å². The summed E-state index contributed by atoms with van der Waals surface area (Å²) in [6.45, 7) is 1.95. The monoisotopic (exact) mass is 214 g/mol. The van der Waals surface area contributed by atoms with Gasteiger partial charge in [0, 0.05) is 13.7 Å². The Morgan fingerprint density at radius 1 is 1.57 bits per heavy atom. The molecule has 0 aromatic carbocycles. The van der Waals surface area contributed by atoms with E-state index in [4.69, 9.17) is 21.4 Å². The number of thiocarbonyl (C=S) groups is 1. The summed E-state index contributed by atoms with van der Waals surface area (Å²) in [7, 11) is 1.65. The van der Waals surface area contributed by atoms with Crippen LogP contribution in [-0.2, 0) is 11.3 Å². The summed E-state index contributed by atoms with van der Waals surface area (Å²) in [6, 6.07) is 3.74. The number of nitrogens with one attached hydrogen (secondary N) is 2. The molecule has 0 saturated heterocycles. The Morgan fingerprint density at radius 3 is 3.07 bits per heavy atom. The van der Waals surface area contributed by atoms with Gasteiger partial charge in [-0.1, -0.05) is 0 Å². The summed E-state index contributed by atoms with van der Waals surface area (Å²) < 4.78 is 10.0. The molecule has 0 amide bonds. The molecule has 14 heavy (non-hydrogen) atoms. The van der Waals surface area contributed by atoms with Crippen LogP contribution in [0.5, 0.6) is 0 Å². The molecule has 0 aliphatic heterocycles. The average molecular weight is 214 g/mol. The Bertz CT molecular complexity index is 262. The Balaban J connectivity index is 2.09. The van der Waals surface area contributed by atoms with Crippen LogP contribution in [0.1, 0.15) is 5.76 Å². The number of rotatable bonds is 5. The van der Waals surface area contributed by atoms with Crippen molar-refractivity contribution < 1.29 is 9.15 Å². The molecular weight excluding hydrogens is 200 g/mol. The zero-order valence-corrected chi connectivity index (χ0v) is 8.89. The van der Waals surface area contributed by atoms with Gasteiger partial charge < -0.3 is 19.8 Å². The lowest BCUT2D eigenvalue weighted by molar-refractivity contribution is 0.204. The topological polar surface area (TPSA) is 46.4 Å². The first-order valence-electron chi connectivity index (χ1n) is 4.36. The van der Waals surface area contributed by atoms with Gasteiger partial charge in [-0.05, 0) is 24.4 Å². The van der Waals surface area contributed by atoms with Crippen molar-refractivity contribution in [2.24, 2.45) is 0 Å². The molecule has 1 aromatic rings. The van der Waals surface area contributed by atoms with E-state index in [0.29, 0.717) is 24.8 Å². The summed E-state index contributed by atoms with van der Waals surface area (Å²) in [5, 5.41) is 6.62. The number of hydrogen-bond donors (Lipinski definition) is 2. The minimum Gasteiger partial charge on any atom is -0.467 e. The Kier molecular flexibility index (Phi) is 5.03. The maximum absolute atomic E-state index is 5.13. The third-order valence-corrected chi connectivity index (χ3v) is 1.88. The number of hydrogen-bond acceptors (Lipinski definition) is 3. The Labute approximate surface area is 88.6 Å². The predicted molar refractivity (Wildman–Crippen MR) is 58.0 cm³/mol. The number of methoxy groups -OCH3 is 1. The first kappa shape index (κ1) is 11.0. The molecule has 0 atom stereocenters. The maximum Gasteiger partial charge on any atom is 0.166 e. The van der Waals surface area contributed by atoms with E-state index in [1.54, 1.807) is 13.4 Å². The van der Waals surface area contributed by atoms with E-state index in [-0.39, 0.29) is 0 Å². The van der Waals surface area contributed by atoms with Crippen molar-refractivity contribution in [1.29, 1.82) is 0 Å². The van der Waals surface area contributed by atoms with Crippen LogP contribution < -0.4 is 10.6 Å². The SMILES string of the molecule is COCCNC(=S)NCc1ccco1. The van der Waals surface area contributed by atoms with E-state index in [1.165, 1.54) is 0 Å². The van der Waals surface area contributed by atoms with E-state index in [0.717, 1.165) is 5.76 Å². The lowest BCUT2D eigenvalue weighted by Crippen LogP contribution is -2.36. The van der Waals surface area contributed by atoms with Gasteiger partial charge in [0.25, 0.3) is 0 Å². The lowest BCUT2D eigenvalue weighted by atomic mass is 10.4. The summed E-state index contributed by atoms with van der Waals surface area (Å²) in [6.07, 6.45) is 1.64. The van der Waals surface area contributed by atoms with Gasteiger partial charge in [0.2, 0.25) is 0 Å². The van der Waals surface area contributed by atoms with Crippen molar-refractivity contribution in [2.45, 2.75) is 6.54 Å². The van der Waals surface area contributed by atoms with Crippen LogP contribution in [0.2, 0.25) is 0 Å². The first-order chi connectivity index (χ1) is 6.83. The first-order valence-corrected chi connectivity index (χ1v) is 4.77. The quantitative estimate of drug-likeness (QED) is 0.563. The zero-order valence-electron chi connectivity index (χ0n) is 8.08. The molecule has 1 rings (SSSR count). The van der Waals surface area contributed by atoms with E-state index >= 15 is 0 Å². The third-order valence-electron chi connectivity index (χ3n) is 1.60. The number of ether oxygens (including phenoxy) is 1. The summed E-state index contributed by atoms with van der Waals surface area (Å²) in [5.74, 6) is 0.862. The van der Waals surface area contributed by atoms with Gasteiger partial charge in [0.15, 0.2) is 5.11 Å². The van der Waals surface area contributed by atoms with Gasteiger partial charge in [-0.15, -0.1) is 0 Å². The van der Waals surface area contributed by atoms with Crippen molar-refractivity contribution in [2.75, 3.05) is 20.3 Å². The van der Waals surface area contributed by atoms with Crippen molar-refractivity contribution >= 4 is 17.3 Å². The van der Waals surface area contributed by atoms with Crippen LogP contribution in [0.4, 0.5) is 0 Å². The molecule has 0 fully saturated rings. The summed E-state index contributed by atoms with van der Waals surface area (Å²) in [4.78, 5) is 0. The van der Waals surface area contributed by atoms with Crippen LogP contribution in [0.3, 0.4) is 0 Å². The molecule has 0 spiro atoms. The summed E-state index contributed by atoms with van der Waals surface area (Å²) in [5.41, 5.74) is 0. The van der Waals surface area contributed by atoms with E-state index in [1.807, 2.05) is 12.1 Å². The van der Waals surface area contributed by atoms with Gasteiger partial charge in [-0.2, -0.15) is 0 Å². The molecule has 0 aliphatic carbocycles. The van der Waals surface area contributed by atoms with Crippen LogP contribution in [0.25, 0.3) is 0 Å². The number of furan rings is 1. The molecule has 2 N–H and O–H groups in total. The fourth-order valence-electron chi connectivity index (χ4n) is 0.910. The highest BCUT2D eigenvalue weighted by Gasteiger charge is 1.97. The fourth-order valence-corrected chi connectivity index (χ4v) is 1.08. The maximum atomic E-state index is 5.13. The van der Waals surface area contributed by atoms with Gasteiger partial charge >= 0.3 is 0 Å². The highest BCUT2D eigenvalue weighted by Crippen LogP contribution is 1.97. The Hall–Kier alpha value is -1.07. The van der Waals surface area contributed by atoms with Gasteiger partial charge in [0.05, 0.1) is 19.4 Å². The third kappa shape index (κ3) is 4.25. The van der Waals surface area contributed by atoms with Crippen LogP contribution in [-0.4, -0.2) is 25.4 Å². The van der Waals surface area contributed by atoms with Crippen molar-refractivity contribution in [3.8, 4) is 0 Å². The zero-order chi connectivity index (χ0) is 10.2. The standard InChI is InChI=1S/C9H14N2O2S/c1-12-6-4-10-9(14)11-7-8-3-2-5-13-8/h2-3,5H,4,6-7H2,1H3,(H2,10,11,14). The van der Waals surface area contributed by atoms with Crippen molar-refractivity contribution in [3.63, 3.8) is 0 Å². The highest BCUT2D eigenvalue weighted by atomic mass is 32.1. The van der Waals surface area contributed by atoms with Crippen LogP contribution in [0, 0.1) is 0 Å². The lowest BCUT2D eigenvalue weighted by Gasteiger charge is -2.08. The minimum atomic E-state index is 0.603. The van der Waals surface area contributed by atoms with E-state index < -0.39 is 0 Å². The molecule has 1 aromatic heterocycles. The second-order valence-electron chi connectivity index (χ2n) is 2.68. The largest absolute Gasteiger partial charge is 0.467 e.